The summed E-state index contributed by atoms with van der Waals surface area (Å²) in [5, 5.41) is 18.6. The molecule has 0 spiro atoms. The molecule has 4 nitrogen and oxygen atoms in total. The smallest absolute Gasteiger partial charge is 0.200 e. The van der Waals surface area contributed by atoms with Gasteiger partial charge in [0.2, 0.25) is 0 Å². The topological polar surface area (TPSA) is 58.9 Å². The zero-order valence-electron chi connectivity index (χ0n) is 9.87. The summed E-state index contributed by atoms with van der Waals surface area (Å²) in [6.45, 7) is 1.83. The maximum atomic E-state index is 9.55. The van der Waals surface area contributed by atoms with E-state index in [1.54, 1.807) is 0 Å². The fraction of sp³-hybridized carbons (Fsp3) is 0.538. The quantitative estimate of drug-likeness (QED) is 0.831. The Morgan fingerprint density at radius 1 is 1.29 bits per heavy atom. The van der Waals surface area contributed by atoms with Crippen LogP contribution in [0.15, 0.2) is 24.3 Å². The molecule has 1 saturated heterocycles. The van der Waals surface area contributed by atoms with E-state index in [9.17, 15) is 5.11 Å². The molecule has 1 aromatic rings. The molecule has 1 heterocycles. The standard InChI is InChI=1S/C13H18O4/c1-9-2-4-10(5-3-9)16-13-7-6-11(15)12(8-14)17-13/h2-5,11-15H,6-8H2,1H3/t11-,12?,13-/m0/s1. The molecule has 1 aromatic carbocycles. The third-order valence-electron chi connectivity index (χ3n) is 2.92. The number of hydrogen-bond donors (Lipinski definition) is 2. The van der Waals surface area contributed by atoms with Crippen LogP contribution >= 0.6 is 0 Å². The maximum Gasteiger partial charge on any atom is 0.200 e. The first-order valence-corrected chi connectivity index (χ1v) is 5.87. The van der Waals surface area contributed by atoms with E-state index in [4.69, 9.17) is 14.6 Å². The Hall–Kier alpha value is -1.10. The number of aryl methyl sites for hydroxylation is 1. The molecule has 4 heteroatoms. The number of rotatable bonds is 3. The van der Waals surface area contributed by atoms with E-state index in [1.165, 1.54) is 5.56 Å². The summed E-state index contributed by atoms with van der Waals surface area (Å²) in [5.74, 6) is 0.744. The zero-order chi connectivity index (χ0) is 12.3. The highest BCUT2D eigenvalue weighted by atomic mass is 16.7. The van der Waals surface area contributed by atoms with Crippen molar-refractivity contribution in [2.45, 2.75) is 38.3 Å². The Morgan fingerprint density at radius 3 is 2.65 bits per heavy atom. The molecule has 0 saturated carbocycles. The molecule has 0 amide bonds. The van der Waals surface area contributed by atoms with Crippen LogP contribution in [0.25, 0.3) is 0 Å². The highest BCUT2D eigenvalue weighted by Gasteiger charge is 2.30. The van der Waals surface area contributed by atoms with Gasteiger partial charge >= 0.3 is 0 Å². The van der Waals surface area contributed by atoms with Gasteiger partial charge in [0, 0.05) is 6.42 Å². The van der Waals surface area contributed by atoms with Gasteiger partial charge in [0.1, 0.15) is 11.9 Å². The third-order valence-corrected chi connectivity index (χ3v) is 2.92. The van der Waals surface area contributed by atoms with E-state index in [0.717, 1.165) is 5.75 Å². The Labute approximate surface area is 101 Å². The minimum Gasteiger partial charge on any atom is -0.465 e. The second-order valence-electron chi connectivity index (χ2n) is 4.36. The van der Waals surface area contributed by atoms with Gasteiger partial charge < -0.3 is 19.7 Å². The molecular formula is C13H18O4. The SMILES string of the molecule is Cc1ccc(O[C@@H]2CC[C@H](O)C(CO)O2)cc1. The summed E-state index contributed by atoms with van der Waals surface area (Å²) in [6, 6.07) is 7.71. The van der Waals surface area contributed by atoms with Gasteiger partial charge in [-0.1, -0.05) is 17.7 Å². The van der Waals surface area contributed by atoms with Gasteiger partial charge in [-0.05, 0) is 25.5 Å². The Bertz CT molecular complexity index is 349. The first kappa shape index (κ1) is 12.4. The van der Waals surface area contributed by atoms with Gasteiger partial charge in [-0.2, -0.15) is 0 Å². The van der Waals surface area contributed by atoms with Crippen molar-refractivity contribution in [3.05, 3.63) is 29.8 Å². The molecule has 94 valence electrons. The number of benzene rings is 1. The van der Waals surface area contributed by atoms with Crippen molar-refractivity contribution in [3.8, 4) is 5.75 Å². The van der Waals surface area contributed by atoms with Crippen LogP contribution in [0.3, 0.4) is 0 Å². The summed E-state index contributed by atoms with van der Waals surface area (Å²) in [7, 11) is 0. The number of aliphatic hydroxyl groups excluding tert-OH is 2. The van der Waals surface area contributed by atoms with Crippen molar-refractivity contribution in [1.82, 2.24) is 0 Å². The minimum absolute atomic E-state index is 0.186. The highest BCUT2D eigenvalue weighted by molar-refractivity contribution is 5.26. The van der Waals surface area contributed by atoms with Crippen molar-refractivity contribution in [1.29, 1.82) is 0 Å². The second kappa shape index (κ2) is 5.49. The van der Waals surface area contributed by atoms with E-state index >= 15 is 0 Å². The van der Waals surface area contributed by atoms with Crippen LogP contribution in [-0.4, -0.2) is 35.3 Å². The van der Waals surface area contributed by atoms with Crippen LogP contribution in [0.5, 0.6) is 5.75 Å². The van der Waals surface area contributed by atoms with Crippen LogP contribution in [0.1, 0.15) is 18.4 Å². The second-order valence-corrected chi connectivity index (χ2v) is 4.36. The molecule has 2 rings (SSSR count). The molecular weight excluding hydrogens is 220 g/mol. The highest BCUT2D eigenvalue weighted by Crippen LogP contribution is 2.23. The van der Waals surface area contributed by atoms with Crippen LogP contribution in [0.2, 0.25) is 0 Å². The monoisotopic (exact) mass is 238 g/mol. The molecule has 1 fully saturated rings. The van der Waals surface area contributed by atoms with Crippen LogP contribution in [0.4, 0.5) is 0 Å². The number of ether oxygens (including phenoxy) is 2. The normalized spacial score (nSPS) is 29.0. The van der Waals surface area contributed by atoms with E-state index < -0.39 is 18.5 Å². The largest absolute Gasteiger partial charge is 0.465 e. The molecule has 1 aliphatic rings. The molecule has 2 N–H and O–H groups in total. The maximum absolute atomic E-state index is 9.55. The summed E-state index contributed by atoms with van der Waals surface area (Å²) >= 11 is 0. The van der Waals surface area contributed by atoms with Crippen LogP contribution in [-0.2, 0) is 4.74 Å². The van der Waals surface area contributed by atoms with Crippen molar-refractivity contribution in [2.24, 2.45) is 0 Å². The Kier molecular flexibility index (Phi) is 3.99. The molecule has 0 bridgehead atoms. The summed E-state index contributed by atoms with van der Waals surface area (Å²) in [4.78, 5) is 0. The van der Waals surface area contributed by atoms with Gasteiger partial charge in [0.05, 0.1) is 12.7 Å². The summed E-state index contributed by atoms with van der Waals surface area (Å²) in [6.07, 6.45) is -0.317. The molecule has 1 aliphatic heterocycles. The molecule has 0 radical (unpaired) electrons. The minimum atomic E-state index is -0.599. The molecule has 0 aliphatic carbocycles. The molecule has 1 unspecified atom stereocenters. The van der Waals surface area contributed by atoms with Gasteiger partial charge in [0.15, 0.2) is 6.29 Å². The lowest BCUT2D eigenvalue weighted by atomic mass is 10.1. The first-order valence-electron chi connectivity index (χ1n) is 5.87. The summed E-state index contributed by atoms with van der Waals surface area (Å²) in [5.41, 5.74) is 1.17. The van der Waals surface area contributed by atoms with E-state index in [1.807, 2.05) is 31.2 Å². The fourth-order valence-corrected chi connectivity index (χ4v) is 1.87. The lowest BCUT2D eigenvalue weighted by Crippen LogP contribution is -2.43. The van der Waals surface area contributed by atoms with Gasteiger partial charge in [-0.15, -0.1) is 0 Å². The average molecular weight is 238 g/mol. The van der Waals surface area contributed by atoms with E-state index in [2.05, 4.69) is 0 Å². The third kappa shape index (κ3) is 3.19. The van der Waals surface area contributed by atoms with E-state index in [0.29, 0.717) is 12.8 Å². The molecule has 17 heavy (non-hydrogen) atoms. The van der Waals surface area contributed by atoms with E-state index in [-0.39, 0.29) is 6.61 Å². The van der Waals surface area contributed by atoms with Crippen molar-refractivity contribution in [3.63, 3.8) is 0 Å². The van der Waals surface area contributed by atoms with Crippen LogP contribution in [0, 0.1) is 6.92 Å². The number of hydrogen-bond acceptors (Lipinski definition) is 4. The Balaban J connectivity index is 1.93. The van der Waals surface area contributed by atoms with Crippen molar-refractivity contribution < 1.29 is 19.7 Å². The fourth-order valence-electron chi connectivity index (χ4n) is 1.87. The van der Waals surface area contributed by atoms with Crippen molar-refractivity contribution in [2.75, 3.05) is 6.61 Å². The van der Waals surface area contributed by atoms with Gasteiger partial charge in [-0.25, -0.2) is 0 Å². The predicted molar refractivity (Wildman–Crippen MR) is 62.8 cm³/mol. The van der Waals surface area contributed by atoms with Gasteiger partial charge in [0.25, 0.3) is 0 Å². The lowest BCUT2D eigenvalue weighted by Gasteiger charge is -2.32. The number of aliphatic hydroxyl groups is 2. The average Bonchev–Trinajstić information content (AvgIpc) is 2.34. The molecule has 0 aromatic heterocycles. The predicted octanol–water partition coefficient (Wildman–Crippen LogP) is 1.23. The lowest BCUT2D eigenvalue weighted by molar-refractivity contribution is -0.196. The molecule has 3 atom stereocenters. The first-order chi connectivity index (χ1) is 8.19. The Morgan fingerprint density at radius 2 is 2.00 bits per heavy atom. The van der Waals surface area contributed by atoms with Crippen molar-refractivity contribution >= 4 is 0 Å². The summed E-state index contributed by atoms with van der Waals surface area (Å²) < 4.78 is 11.1. The van der Waals surface area contributed by atoms with Crippen LogP contribution < -0.4 is 4.74 Å². The van der Waals surface area contributed by atoms with Gasteiger partial charge in [-0.3, -0.25) is 0 Å². The zero-order valence-corrected chi connectivity index (χ0v) is 9.87.